The van der Waals surface area contributed by atoms with Crippen molar-refractivity contribution in [3.05, 3.63) is 82.4 Å². The van der Waals surface area contributed by atoms with E-state index in [4.69, 9.17) is 27.6 Å². The van der Waals surface area contributed by atoms with Gasteiger partial charge < -0.3 is 4.42 Å². The molecule has 3 rings (SSSR count). The van der Waals surface area contributed by atoms with Crippen molar-refractivity contribution in [3.8, 4) is 0 Å². The summed E-state index contributed by atoms with van der Waals surface area (Å²) < 4.78 is 5.46. The quantitative estimate of drug-likeness (QED) is 0.626. The maximum Gasteiger partial charge on any atom is 0.261 e. The second-order valence-corrected chi connectivity index (χ2v) is 6.02. The number of furan rings is 1. The Morgan fingerprint density at radius 1 is 1.17 bits per heavy atom. The molecule has 4 nitrogen and oxygen atoms in total. The fraction of sp³-hybridized carbons (Fsp3) is 0.111. The predicted molar refractivity (Wildman–Crippen MR) is 94.6 cm³/mol. The van der Waals surface area contributed by atoms with E-state index in [1.807, 2.05) is 19.1 Å². The van der Waals surface area contributed by atoms with E-state index < -0.39 is 0 Å². The van der Waals surface area contributed by atoms with E-state index in [1.165, 1.54) is 0 Å². The first-order valence-corrected chi connectivity index (χ1v) is 8.06. The smallest absolute Gasteiger partial charge is 0.261 e. The van der Waals surface area contributed by atoms with Gasteiger partial charge in [0.25, 0.3) is 5.91 Å². The minimum atomic E-state index is -0.353. The van der Waals surface area contributed by atoms with Gasteiger partial charge in [0.05, 0.1) is 22.9 Å². The average Bonchev–Trinajstić information content (AvgIpc) is 3.10. The van der Waals surface area contributed by atoms with Crippen molar-refractivity contribution in [2.75, 3.05) is 4.90 Å². The first kappa shape index (κ1) is 16.6. The second-order valence-electron chi connectivity index (χ2n) is 5.18. The molecule has 1 amide bonds. The molecule has 0 aliphatic carbocycles. The van der Waals surface area contributed by atoms with Crippen molar-refractivity contribution in [3.63, 3.8) is 0 Å². The molecule has 0 radical (unpaired) electrons. The summed E-state index contributed by atoms with van der Waals surface area (Å²) in [6.45, 7) is 1.87. The maximum atomic E-state index is 13.1. The Morgan fingerprint density at radius 3 is 2.62 bits per heavy atom. The third-order valence-electron chi connectivity index (χ3n) is 3.62. The molecule has 0 saturated heterocycles. The molecule has 0 saturated carbocycles. The van der Waals surface area contributed by atoms with E-state index in [0.717, 1.165) is 0 Å². The number of rotatable bonds is 4. The molecular weight excluding hydrogens is 347 g/mol. The zero-order chi connectivity index (χ0) is 17.1. The Kier molecular flexibility index (Phi) is 4.88. The van der Waals surface area contributed by atoms with Gasteiger partial charge in [-0.15, -0.1) is 0 Å². The lowest BCUT2D eigenvalue weighted by Gasteiger charge is -2.27. The first-order chi connectivity index (χ1) is 11.6. The van der Waals surface area contributed by atoms with Crippen LogP contribution >= 0.6 is 23.2 Å². The molecule has 0 bridgehead atoms. The highest BCUT2D eigenvalue weighted by Gasteiger charge is 2.28. The van der Waals surface area contributed by atoms with Gasteiger partial charge in [-0.25, -0.2) is 4.98 Å². The molecular formula is C18H14Cl2N2O2. The molecule has 2 aromatic heterocycles. The van der Waals surface area contributed by atoms with Gasteiger partial charge in [-0.1, -0.05) is 29.3 Å². The molecule has 3 aromatic rings. The van der Waals surface area contributed by atoms with Crippen LogP contribution in [-0.2, 0) is 0 Å². The standard InChI is InChI=1S/C18H14Cl2N2O2/c1-12(16-5-4-10-24-16)22(17-6-2-3-9-21-17)18(23)14-8-7-13(19)11-15(14)20/h2-12H,1H3/t12-/m1/s1. The number of nitrogens with zero attached hydrogens (tertiary/aromatic N) is 2. The fourth-order valence-corrected chi connectivity index (χ4v) is 2.91. The highest BCUT2D eigenvalue weighted by Crippen LogP contribution is 2.30. The summed E-state index contributed by atoms with van der Waals surface area (Å²) in [5.41, 5.74) is 0.352. The first-order valence-electron chi connectivity index (χ1n) is 7.31. The van der Waals surface area contributed by atoms with Crippen LogP contribution in [0.15, 0.2) is 65.4 Å². The van der Waals surface area contributed by atoms with E-state index >= 15 is 0 Å². The molecule has 122 valence electrons. The number of pyridine rings is 1. The number of carbonyl (C=O) groups excluding carboxylic acids is 1. The van der Waals surface area contributed by atoms with Crippen molar-refractivity contribution >= 4 is 34.9 Å². The maximum absolute atomic E-state index is 13.1. The predicted octanol–water partition coefficient (Wildman–Crippen LogP) is 5.39. The molecule has 1 aromatic carbocycles. The van der Waals surface area contributed by atoms with Crippen molar-refractivity contribution < 1.29 is 9.21 Å². The van der Waals surface area contributed by atoms with Crippen LogP contribution in [0.5, 0.6) is 0 Å². The van der Waals surface area contributed by atoms with Gasteiger partial charge in [0.15, 0.2) is 0 Å². The number of amides is 1. The highest BCUT2D eigenvalue weighted by molar-refractivity contribution is 6.37. The highest BCUT2D eigenvalue weighted by atomic mass is 35.5. The van der Waals surface area contributed by atoms with Crippen LogP contribution in [0.4, 0.5) is 5.82 Å². The van der Waals surface area contributed by atoms with Crippen LogP contribution in [0.25, 0.3) is 0 Å². The lowest BCUT2D eigenvalue weighted by Crippen LogP contribution is -2.34. The van der Waals surface area contributed by atoms with Gasteiger partial charge in [-0.05, 0) is 49.4 Å². The Balaban J connectivity index is 2.06. The Hall–Kier alpha value is -2.30. The topological polar surface area (TPSA) is 46.3 Å². The molecule has 0 fully saturated rings. The number of halogens is 2. The summed E-state index contributed by atoms with van der Waals surface area (Å²) in [4.78, 5) is 19.0. The van der Waals surface area contributed by atoms with Crippen molar-refractivity contribution in [1.29, 1.82) is 0 Å². The van der Waals surface area contributed by atoms with Gasteiger partial charge in [0.2, 0.25) is 0 Å². The van der Waals surface area contributed by atoms with E-state index in [2.05, 4.69) is 4.98 Å². The third-order valence-corrected chi connectivity index (χ3v) is 4.17. The molecule has 24 heavy (non-hydrogen) atoms. The van der Waals surface area contributed by atoms with E-state index in [0.29, 0.717) is 27.2 Å². The molecule has 0 spiro atoms. The molecule has 0 aliphatic heterocycles. The minimum Gasteiger partial charge on any atom is -0.467 e. The fourth-order valence-electron chi connectivity index (χ4n) is 2.42. The Morgan fingerprint density at radius 2 is 2.00 bits per heavy atom. The summed E-state index contributed by atoms with van der Waals surface area (Å²) in [5, 5.41) is 0.764. The second kappa shape index (κ2) is 7.07. The lowest BCUT2D eigenvalue weighted by molar-refractivity contribution is 0.0974. The van der Waals surface area contributed by atoms with Crippen molar-refractivity contribution in [2.24, 2.45) is 0 Å². The average molecular weight is 361 g/mol. The minimum absolute atomic E-state index is 0.278. The molecule has 0 unspecified atom stereocenters. The van der Waals surface area contributed by atoms with Crippen LogP contribution in [0, 0.1) is 0 Å². The molecule has 6 heteroatoms. The van der Waals surface area contributed by atoms with Crippen LogP contribution in [0.1, 0.15) is 29.1 Å². The Labute approximate surface area is 149 Å². The zero-order valence-electron chi connectivity index (χ0n) is 12.8. The van der Waals surface area contributed by atoms with E-state index in [-0.39, 0.29) is 11.9 Å². The summed E-state index contributed by atoms with van der Waals surface area (Å²) in [7, 11) is 0. The summed E-state index contributed by atoms with van der Waals surface area (Å²) >= 11 is 12.1. The van der Waals surface area contributed by atoms with Crippen molar-refractivity contribution in [2.45, 2.75) is 13.0 Å². The number of anilines is 1. The molecule has 2 heterocycles. The molecule has 0 N–H and O–H groups in total. The lowest BCUT2D eigenvalue weighted by atomic mass is 10.1. The van der Waals surface area contributed by atoms with Crippen LogP contribution in [-0.4, -0.2) is 10.9 Å². The van der Waals surface area contributed by atoms with Crippen LogP contribution in [0.3, 0.4) is 0 Å². The normalized spacial score (nSPS) is 12.0. The van der Waals surface area contributed by atoms with Gasteiger partial charge in [-0.3, -0.25) is 9.69 Å². The summed E-state index contributed by atoms with van der Waals surface area (Å²) in [6, 6.07) is 13.4. The summed E-state index contributed by atoms with van der Waals surface area (Å²) in [6.07, 6.45) is 3.20. The van der Waals surface area contributed by atoms with Gasteiger partial charge >= 0.3 is 0 Å². The van der Waals surface area contributed by atoms with E-state index in [1.54, 1.807) is 53.8 Å². The van der Waals surface area contributed by atoms with Gasteiger partial charge in [-0.2, -0.15) is 0 Å². The molecule has 1 atom stereocenters. The molecule has 0 aliphatic rings. The number of hydrogen-bond acceptors (Lipinski definition) is 3. The number of carbonyl (C=O) groups is 1. The zero-order valence-corrected chi connectivity index (χ0v) is 14.3. The number of aromatic nitrogens is 1. The van der Waals surface area contributed by atoms with Gasteiger partial charge in [0.1, 0.15) is 11.6 Å². The third kappa shape index (κ3) is 3.30. The number of benzene rings is 1. The Bertz CT molecular complexity index is 835. The van der Waals surface area contributed by atoms with Crippen LogP contribution < -0.4 is 4.90 Å². The van der Waals surface area contributed by atoms with E-state index in [9.17, 15) is 4.79 Å². The van der Waals surface area contributed by atoms with Crippen LogP contribution in [0.2, 0.25) is 10.0 Å². The van der Waals surface area contributed by atoms with Gasteiger partial charge in [0, 0.05) is 11.2 Å². The van der Waals surface area contributed by atoms with Crippen molar-refractivity contribution in [1.82, 2.24) is 4.98 Å². The monoisotopic (exact) mass is 360 g/mol. The number of hydrogen-bond donors (Lipinski definition) is 0. The largest absolute Gasteiger partial charge is 0.467 e. The summed E-state index contributed by atoms with van der Waals surface area (Å²) in [5.74, 6) is 0.885. The SMILES string of the molecule is C[C@H](c1ccco1)N(C(=O)c1ccc(Cl)cc1Cl)c1ccccn1.